The number of rotatable bonds is 4. The number of halogens is 1. The minimum atomic E-state index is -1.26. The summed E-state index contributed by atoms with van der Waals surface area (Å²) in [5, 5.41) is 11.2. The Morgan fingerprint density at radius 2 is 1.75 bits per heavy atom. The zero-order chi connectivity index (χ0) is 15.5. The summed E-state index contributed by atoms with van der Waals surface area (Å²) in [4.78, 5) is 22.6. The fraction of sp³-hybridized carbons (Fsp3) is 0.429. The van der Waals surface area contributed by atoms with Crippen LogP contribution in [0.1, 0.15) is 32.3 Å². The van der Waals surface area contributed by atoms with E-state index < -0.39 is 18.0 Å². The molecule has 1 aromatic rings. The Labute approximate surface area is 132 Å². The van der Waals surface area contributed by atoms with Crippen LogP contribution in [0.15, 0.2) is 24.3 Å². The van der Waals surface area contributed by atoms with Gasteiger partial charge in [0.05, 0.1) is 0 Å². The third-order valence-electron chi connectivity index (χ3n) is 3.08. The zero-order valence-corrected chi connectivity index (χ0v) is 13.8. The third-order valence-corrected chi connectivity index (χ3v) is 3.80. The van der Waals surface area contributed by atoms with Crippen molar-refractivity contribution in [1.82, 2.24) is 5.32 Å². The van der Waals surface area contributed by atoms with Crippen molar-refractivity contribution < 1.29 is 14.7 Å². The number of carbonyl (C=O) groups is 2. The Bertz CT molecular complexity index is 494. The van der Waals surface area contributed by atoms with Crippen molar-refractivity contribution in [2.75, 3.05) is 0 Å². The first kappa shape index (κ1) is 16.7. The number of hydrogen-bond acceptors (Lipinski definition) is 2. The molecule has 1 rings (SSSR count). The number of nitrogens with one attached hydrogen (secondary N) is 1. The van der Waals surface area contributed by atoms with Gasteiger partial charge in [0.25, 0.3) is 0 Å². The second kappa shape index (κ2) is 6.43. The van der Waals surface area contributed by atoms with Gasteiger partial charge in [-0.05, 0) is 45.7 Å². The summed E-state index contributed by atoms with van der Waals surface area (Å²) in [5.74, 6) is -1.01. The van der Waals surface area contributed by atoms with Crippen LogP contribution < -0.4 is 11.1 Å². The minimum absolute atomic E-state index is 0.324. The summed E-state index contributed by atoms with van der Waals surface area (Å²) in [6, 6.07) is 6.68. The van der Waals surface area contributed by atoms with E-state index in [-0.39, 0.29) is 11.3 Å². The summed E-state index contributed by atoms with van der Waals surface area (Å²) in [7, 11) is 0. The number of carbonyl (C=O) groups excluding carboxylic acids is 1. The topological polar surface area (TPSA) is 92.4 Å². The summed E-state index contributed by atoms with van der Waals surface area (Å²) in [6.45, 7) is 5.86. The lowest BCUT2D eigenvalue weighted by molar-refractivity contribution is -0.121. The van der Waals surface area contributed by atoms with Crippen molar-refractivity contribution in [2.24, 2.45) is 11.1 Å². The number of hydrogen-bond donors (Lipinski definition) is 3. The number of amides is 2. The van der Waals surface area contributed by atoms with Gasteiger partial charge in [0.15, 0.2) is 0 Å². The van der Waals surface area contributed by atoms with Gasteiger partial charge in [-0.25, -0.2) is 4.79 Å². The quantitative estimate of drug-likeness (QED) is 0.690. The molecule has 0 spiro atoms. The molecule has 6 heteroatoms. The Morgan fingerprint density at radius 1 is 1.25 bits per heavy atom. The molecule has 0 saturated carbocycles. The molecule has 2 amide bonds. The molecule has 0 aromatic heterocycles. The van der Waals surface area contributed by atoms with Crippen molar-refractivity contribution in [1.29, 1.82) is 0 Å². The lowest BCUT2D eigenvalue weighted by atomic mass is 9.72. The molecule has 0 bridgehead atoms. The van der Waals surface area contributed by atoms with Crippen LogP contribution in [0.3, 0.4) is 0 Å². The summed E-state index contributed by atoms with van der Waals surface area (Å²) < 4.78 is 1.07. The van der Waals surface area contributed by atoms with Crippen LogP contribution >= 0.6 is 22.6 Å². The monoisotopic (exact) mass is 390 g/mol. The molecule has 1 aromatic carbocycles. The van der Waals surface area contributed by atoms with Gasteiger partial charge in [-0.15, -0.1) is 0 Å². The van der Waals surface area contributed by atoms with Crippen molar-refractivity contribution in [3.8, 4) is 0 Å². The molecule has 0 aliphatic heterocycles. The third kappa shape index (κ3) is 4.36. The predicted molar refractivity (Wildman–Crippen MR) is 85.5 cm³/mol. The molecule has 0 saturated heterocycles. The van der Waals surface area contributed by atoms with E-state index in [4.69, 9.17) is 10.8 Å². The highest BCUT2D eigenvalue weighted by molar-refractivity contribution is 14.1. The van der Waals surface area contributed by atoms with Crippen LogP contribution in [0.4, 0.5) is 4.79 Å². The van der Waals surface area contributed by atoms with Crippen LogP contribution in [0, 0.1) is 8.99 Å². The molecule has 4 N–H and O–H groups in total. The first-order chi connectivity index (χ1) is 9.12. The molecular weight excluding hydrogens is 371 g/mol. The van der Waals surface area contributed by atoms with Crippen LogP contribution in [0.2, 0.25) is 0 Å². The standard InChI is InChI=1S/C14H19IN2O3/c1-14(2,3)10(8-4-6-9(15)7-5-8)11(12(16)18)17-13(19)20/h4-7,10-11,17H,1-3H3,(H2,16,18)(H,19,20)/t10-,11?/m0/s1. The molecular formula is C14H19IN2O3. The summed E-state index contributed by atoms with van der Waals surface area (Å²) in [6.07, 6.45) is -1.26. The Morgan fingerprint density at radius 3 is 2.10 bits per heavy atom. The smallest absolute Gasteiger partial charge is 0.405 e. The molecule has 20 heavy (non-hydrogen) atoms. The molecule has 110 valence electrons. The maximum atomic E-state index is 11.7. The number of carboxylic acid groups (broad SMARTS) is 1. The Balaban J connectivity index is 3.26. The molecule has 5 nitrogen and oxygen atoms in total. The maximum Gasteiger partial charge on any atom is 0.405 e. The van der Waals surface area contributed by atoms with Crippen LogP contribution in [0.25, 0.3) is 0 Å². The molecule has 0 heterocycles. The average molecular weight is 390 g/mol. The normalized spacial score (nSPS) is 14.4. The van der Waals surface area contributed by atoms with E-state index in [0.29, 0.717) is 0 Å². The molecule has 2 atom stereocenters. The first-order valence-electron chi connectivity index (χ1n) is 6.17. The summed E-state index contributed by atoms with van der Waals surface area (Å²) in [5.41, 5.74) is 5.94. The highest BCUT2D eigenvalue weighted by Gasteiger charge is 2.37. The van der Waals surface area contributed by atoms with E-state index in [1.54, 1.807) is 0 Å². The average Bonchev–Trinajstić information content (AvgIpc) is 2.28. The van der Waals surface area contributed by atoms with Gasteiger partial charge < -0.3 is 16.2 Å². The van der Waals surface area contributed by atoms with E-state index in [1.807, 2.05) is 45.0 Å². The van der Waals surface area contributed by atoms with Gasteiger partial charge in [-0.2, -0.15) is 0 Å². The molecule has 0 fully saturated rings. The van der Waals surface area contributed by atoms with Crippen molar-refractivity contribution >= 4 is 34.6 Å². The van der Waals surface area contributed by atoms with Gasteiger partial charge in [0.1, 0.15) is 6.04 Å². The van der Waals surface area contributed by atoms with Gasteiger partial charge >= 0.3 is 6.09 Å². The molecule has 0 aliphatic carbocycles. The zero-order valence-electron chi connectivity index (χ0n) is 11.7. The van der Waals surface area contributed by atoms with Crippen LogP contribution in [-0.2, 0) is 4.79 Å². The fourth-order valence-electron chi connectivity index (χ4n) is 2.31. The summed E-state index contributed by atoms with van der Waals surface area (Å²) >= 11 is 2.19. The lowest BCUT2D eigenvalue weighted by Gasteiger charge is -2.36. The van der Waals surface area contributed by atoms with Crippen molar-refractivity contribution in [3.05, 3.63) is 33.4 Å². The van der Waals surface area contributed by atoms with E-state index in [1.165, 1.54) is 0 Å². The number of primary amides is 1. The van der Waals surface area contributed by atoms with Crippen LogP contribution in [0.5, 0.6) is 0 Å². The van der Waals surface area contributed by atoms with E-state index in [0.717, 1.165) is 9.13 Å². The number of benzene rings is 1. The Hall–Kier alpha value is -1.31. The predicted octanol–water partition coefficient (Wildman–Crippen LogP) is 2.54. The number of nitrogens with two attached hydrogens (primary N) is 1. The Kier molecular flexibility index (Phi) is 5.38. The molecule has 1 unspecified atom stereocenters. The van der Waals surface area contributed by atoms with Crippen LogP contribution in [-0.4, -0.2) is 23.1 Å². The molecule has 0 aliphatic rings. The van der Waals surface area contributed by atoms with Gasteiger partial charge in [0.2, 0.25) is 5.91 Å². The van der Waals surface area contributed by atoms with Gasteiger partial charge in [-0.3, -0.25) is 4.79 Å². The first-order valence-corrected chi connectivity index (χ1v) is 7.25. The van der Waals surface area contributed by atoms with E-state index in [2.05, 4.69) is 27.9 Å². The molecule has 0 radical (unpaired) electrons. The maximum absolute atomic E-state index is 11.7. The van der Waals surface area contributed by atoms with E-state index in [9.17, 15) is 9.59 Å². The highest BCUT2D eigenvalue weighted by atomic mass is 127. The fourth-order valence-corrected chi connectivity index (χ4v) is 2.67. The largest absolute Gasteiger partial charge is 0.465 e. The second-order valence-electron chi connectivity index (χ2n) is 5.72. The van der Waals surface area contributed by atoms with Crippen molar-refractivity contribution in [2.45, 2.75) is 32.7 Å². The van der Waals surface area contributed by atoms with Gasteiger partial charge in [-0.1, -0.05) is 32.9 Å². The van der Waals surface area contributed by atoms with Crippen molar-refractivity contribution in [3.63, 3.8) is 0 Å². The second-order valence-corrected chi connectivity index (χ2v) is 6.97. The highest BCUT2D eigenvalue weighted by Crippen LogP contribution is 2.38. The lowest BCUT2D eigenvalue weighted by Crippen LogP contribution is -2.51. The van der Waals surface area contributed by atoms with Gasteiger partial charge in [0, 0.05) is 9.49 Å². The van der Waals surface area contributed by atoms with E-state index >= 15 is 0 Å². The SMILES string of the molecule is CC(C)(C)[C@@H](c1ccc(I)cc1)C(NC(=O)O)C(N)=O. The minimum Gasteiger partial charge on any atom is -0.465 e.